The first kappa shape index (κ1) is 16.1. The fraction of sp³-hybridized carbons (Fsp3) is 0.167. The quantitative estimate of drug-likeness (QED) is 0.744. The van der Waals surface area contributed by atoms with E-state index < -0.39 is 0 Å². The number of anilines is 2. The molecule has 1 aromatic carbocycles. The normalized spacial score (nSPS) is 10.4. The van der Waals surface area contributed by atoms with Crippen LogP contribution in [-0.2, 0) is 11.2 Å². The van der Waals surface area contributed by atoms with Crippen molar-refractivity contribution in [2.24, 2.45) is 0 Å². The van der Waals surface area contributed by atoms with Crippen LogP contribution in [0.5, 0.6) is 0 Å². The Kier molecular flexibility index (Phi) is 4.86. The lowest BCUT2D eigenvalue weighted by Gasteiger charge is -2.03. The van der Waals surface area contributed by atoms with Crippen molar-refractivity contribution >= 4 is 28.2 Å². The number of rotatable bonds is 5. The lowest BCUT2D eigenvalue weighted by molar-refractivity contribution is -0.115. The zero-order chi connectivity index (χ0) is 16.9. The summed E-state index contributed by atoms with van der Waals surface area (Å²) in [5.74, 6) is 0.720. The Hall–Kier alpha value is -2.73. The second-order valence-electron chi connectivity index (χ2n) is 5.43. The van der Waals surface area contributed by atoms with Gasteiger partial charge in [-0.25, -0.2) is 9.97 Å². The van der Waals surface area contributed by atoms with E-state index in [1.165, 1.54) is 11.3 Å². The first-order chi connectivity index (χ1) is 11.6. The van der Waals surface area contributed by atoms with Gasteiger partial charge in [0.1, 0.15) is 5.82 Å². The van der Waals surface area contributed by atoms with Gasteiger partial charge in [0.2, 0.25) is 5.91 Å². The number of pyridine rings is 1. The molecular weight excluding hydrogens is 320 g/mol. The van der Waals surface area contributed by atoms with Gasteiger partial charge in [0.05, 0.1) is 12.1 Å². The van der Waals surface area contributed by atoms with Gasteiger partial charge in [-0.3, -0.25) is 4.79 Å². The Morgan fingerprint density at radius 3 is 2.92 bits per heavy atom. The number of carbonyl (C=O) groups excluding carboxylic acids is 1. The molecule has 5 nitrogen and oxygen atoms in total. The highest BCUT2D eigenvalue weighted by molar-refractivity contribution is 7.14. The molecule has 0 bridgehead atoms. The second-order valence-corrected chi connectivity index (χ2v) is 6.29. The van der Waals surface area contributed by atoms with Crippen molar-refractivity contribution < 1.29 is 4.79 Å². The first-order valence-corrected chi connectivity index (χ1v) is 8.47. The minimum atomic E-state index is -0.0628. The van der Waals surface area contributed by atoms with E-state index in [1.807, 2.05) is 55.7 Å². The van der Waals surface area contributed by atoms with E-state index in [9.17, 15) is 4.79 Å². The maximum atomic E-state index is 12.2. The van der Waals surface area contributed by atoms with Crippen LogP contribution in [0, 0.1) is 6.92 Å². The monoisotopic (exact) mass is 338 g/mol. The van der Waals surface area contributed by atoms with Crippen LogP contribution in [0.3, 0.4) is 0 Å². The van der Waals surface area contributed by atoms with Crippen LogP contribution in [0.15, 0.2) is 48.0 Å². The topological polar surface area (TPSA) is 66.9 Å². The zero-order valence-corrected chi connectivity index (χ0v) is 14.4. The number of nitrogens with one attached hydrogen (secondary N) is 2. The van der Waals surface area contributed by atoms with Gasteiger partial charge in [0.15, 0.2) is 5.13 Å². The van der Waals surface area contributed by atoms with Gasteiger partial charge in [0.25, 0.3) is 0 Å². The predicted molar refractivity (Wildman–Crippen MR) is 98.4 cm³/mol. The summed E-state index contributed by atoms with van der Waals surface area (Å²) in [4.78, 5) is 20.8. The fourth-order valence-electron chi connectivity index (χ4n) is 2.36. The van der Waals surface area contributed by atoms with Crippen molar-refractivity contribution in [3.8, 4) is 11.3 Å². The van der Waals surface area contributed by atoms with Crippen molar-refractivity contribution in [2.45, 2.75) is 13.3 Å². The summed E-state index contributed by atoms with van der Waals surface area (Å²) in [6.45, 7) is 2.02. The molecule has 2 heterocycles. The SMILES string of the molecule is CNc1cc(-c2csc(NC(=O)Cc3cccc(C)c3)n2)ccn1. The van der Waals surface area contributed by atoms with E-state index in [2.05, 4.69) is 20.6 Å². The number of thiazole rings is 1. The molecule has 0 fully saturated rings. The minimum absolute atomic E-state index is 0.0628. The molecule has 122 valence electrons. The molecule has 6 heteroatoms. The van der Waals surface area contributed by atoms with Gasteiger partial charge in [-0.05, 0) is 24.6 Å². The molecule has 24 heavy (non-hydrogen) atoms. The molecule has 2 N–H and O–H groups in total. The summed E-state index contributed by atoms with van der Waals surface area (Å²) < 4.78 is 0. The number of amides is 1. The average Bonchev–Trinajstić information content (AvgIpc) is 3.03. The van der Waals surface area contributed by atoms with Crippen molar-refractivity contribution in [3.63, 3.8) is 0 Å². The van der Waals surface area contributed by atoms with Gasteiger partial charge in [0, 0.05) is 24.2 Å². The van der Waals surface area contributed by atoms with Crippen LogP contribution in [0.1, 0.15) is 11.1 Å². The Morgan fingerprint density at radius 1 is 1.25 bits per heavy atom. The Morgan fingerprint density at radius 2 is 2.12 bits per heavy atom. The summed E-state index contributed by atoms with van der Waals surface area (Å²) in [5.41, 5.74) is 3.93. The van der Waals surface area contributed by atoms with Crippen LogP contribution in [0.2, 0.25) is 0 Å². The highest BCUT2D eigenvalue weighted by Crippen LogP contribution is 2.26. The van der Waals surface area contributed by atoms with Crippen molar-refractivity contribution in [2.75, 3.05) is 17.7 Å². The van der Waals surface area contributed by atoms with Gasteiger partial charge in [-0.2, -0.15) is 0 Å². The molecule has 0 spiro atoms. The number of hydrogen-bond acceptors (Lipinski definition) is 5. The second kappa shape index (κ2) is 7.23. The molecule has 3 aromatic rings. The Labute approximate surface area is 144 Å². The van der Waals surface area contributed by atoms with Crippen LogP contribution >= 0.6 is 11.3 Å². The molecule has 0 saturated carbocycles. The van der Waals surface area contributed by atoms with Crippen molar-refractivity contribution in [1.82, 2.24) is 9.97 Å². The molecule has 2 aromatic heterocycles. The molecule has 1 amide bonds. The lowest BCUT2D eigenvalue weighted by atomic mass is 10.1. The van der Waals surface area contributed by atoms with Crippen LogP contribution in [-0.4, -0.2) is 22.9 Å². The molecule has 3 rings (SSSR count). The van der Waals surface area contributed by atoms with Gasteiger partial charge in [-0.1, -0.05) is 29.8 Å². The van der Waals surface area contributed by atoms with Crippen molar-refractivity contribution in [3.05, 3.63) is 59.1 Å². The Bertz CT molecular complexity index is 859. The molecule has 0 aliphatic rings. The molecule has 0 aliphatic carbocycles. The van der Waals surface area contributed by atoms with Gasteiger partial charge >= 0.3 is 0 Å². The third kappa shape index (κ3) is 3.97. The summed E-state index contributed by atoms with van der Waals surface area (Å²) in [5, 5.41) is 8.40. The summed E-state index contributed by atoms with van der Waals surface area (Å²) in [7, 11) is 1.82. The summed E-state index contributed by atoms with van der Waals surface area (Å²) in [6.07, 6.45) is 2.08. The van der Waals surface area contributed by atoms with E-state index >= 15 is 0 Å². The van der Waals surface area contributed by atoms with Crippen LogP contribution in [0.25, 0.3) is 11.3 Å². The van der Waals surface area contributed by atoms with E-state index in [4.69, 9.17) is 0 Å². The van der Waals surface area contributed by atoms with Crippen LogP contribution < -0.4 is 10.6 Å². The smallest absolute Gasteiger partial charge is 0.230 e. The number of hydrogen-bond donors (Lipinski definition) is 2. The van der Waals surface area contributed by atoms with E-state index in [1.54, 1.807) is 6.20 Å². The summed E-state index contributed by atoms with van der Waals surface area (Å²) >= 11 is 1.42. The Balaban J connectivity index is 1.68. The van der Waals surface area contributed by atoms with Gasteiger partial charge < -0.3 is 10.6 Å². The molecule has 0 unspecified atom stereocenters. The van der Waals surface area contributed by atoms with E-state index in [0.717, 1.165) is 28.2 Å². The molecule has 0 saturated heterocycles. The van der Waals surface area contributed by atoms with Crippen molar-refractivity contribution in [1.29, 1.82) is 0 Å². The third-order valence-corrected chi connectivity index (χ3v) is 4.27. The largest absolute Gasteiger partial charge is 0.373 e. The fourth-order valence-corrected chi connectivity index (χ4v) is 3.10. The maximum Gasteiger partial charge on any atom is 0.230 e. The minimum Gasteiger partial charge on any atom is -0.373 e. The molecule has 0 aliphatic heterocycles. The van der Waals surface area contributed by atoms with Crippen LogP contribution in [0.4, 0.5) is 10.9 Å². The number of nitrogens with zero attached hydrogens (tertiary/aromatic N) is 2. The summed E-state index contributed by atoms with van der Waals surface area (Å²) in [6, 6.07) is 11.8. The third-order valence-electron chi connectivity index (χ3n) is 3.51. The highest BCUT2D eigenvalue weighted by Gasteiger charge is 2.09. The number of aromatic nitrogens is 2. The number of aryl methyl sites for hydroxylation is 1. The lowest BCUT2D eigenvalue weighted by Crippen LogP contribution is -2.14. The highest BCUT2D eigenvalue weighted by atomic mass is 32.1. The first-order valence-electron chi connectivity index (χ1n) is 7.59. The zero-order valence-electron chi connectivity index (χ0n) is 13.5. The molecule has 0 atom stereocenters. The van der Waals surface area contributed by atoms with E-state index in [-0.39, 0.29) is 5.91 Å². The maximum absolute atomic E-state index is 12.2. The van der Waals surface area contributed by atoms with Gasteiger partial charge in [-0.15, -0.1) is 11.3 Å². The number of carbonyl (C=O) groups is 1. The molecule has 0 radical (unpaired) electrons. The standard InChI is InChI=1S/C18H18N4OS/c1-12-4-3-5-13(8-12)9-17(23)22-18-21-15(11-24-18)14-6-7-20-16(10-14)19-2/h3-8,10-11H,9H2,1-2H3,(H,19,20)(H,21,22,23). The van der Waals surface area contributed by atoms with E-state index in [0.29, 0.717) is 11.6 Å². The number of benzene rings is 1. The average molecular weight is 338 g/mol. The molecular formula is C18H18N4OS. The predicted octanol–water partition coefficient (Wildman–Crippen LogP) is 3.74.